The number of rotatable bonds is 5. The van der Waals surface area contributed by atoms with E-state index in [0.29, 0.717) is 5.65 Å². The predicted molar refractivity (Wildman–Crippen MR) is 89.7 cm³/mol. The number of amides is 2. The summed E-state index contributed by atoms with van der Waals surface area (Å²) >= 11 is 0. The van der Waals surface area contributed by atoms with Crippen molar-refractivity contribution in [3.8, 4) is 0 Å². The predicted octanol–water partition coefficient (Wildman–Crippen LogP) is 1.57. The Morgan fingerprint density at radius 2 is 1.88 bits per heavy atom. The van der Waals surface area contributed by atoms with E-state index in [0.717, 1.165) is 18.5 Å². The maximum atomic E-state index is 11.6. The van der Waals surface area contributed by atoms with Gasteiger partial charge in [-0.05, 0) is 18.4 Å². The van der Waals surface area contributed by atoms with Gasteiger partial charge >= 0.3 is 0 Å². The molecule has 24 heavy (non-hydrogen) atoms. The van der Waals surface area contributed by atoms with Gasteiger partial charge in [0.25, 0.3) is 5.91 Å². The van der Waals surface area contributed by atoms with Crippen LogP contribution in [0, 0.1) is 0 Å². The average Bonchev–Trinajstić information content (AvgIpc) is 2.95. The fourth-order valence-corrected chi connectivity index (χ4v) is 2.49. The Morgan fingerprint density at radius 3 is 2.54 bits per heavy atom. The maximum absolute atomic E-state index is 11.6. The minimum absolute atomic E-state index is 0.0345. The summed E-state index contributed by atoms with van der Waals surface area (Å²) in [5, 5.41) is 2.55. The monoisotopic (exact) mass is 323 g/mol. The number of nitrogens with two attached hydrogens (primary N) is 1. The van der Waals surface area contributed by atoms with Gasteiger partial charge in [0, 0.05) is 13.1 Å². The van der Waals surface area contributed by atoms with Crippen molar-refractivity contribution in [1.29, 1.82) is 0 Å². The molecule has 0 atom stereocenters. The highest BCUT2D eigenvalue weighted by Crippen LogP contribution is 2.15. The Labute approximate surface area is 138 Å². The van der Waals surface area contributed by atoms with Crippen LogP contribution in [0.15, 0.2) is 42.7 Å². The lowest BCUT2D eigenvalue weighted by Gasteiger charge is -2.04. The van der Waals surface area contributed by atoms with Crippen LogP contribution in [0.3, 0.4) is 0 Å². The summed E-state index contributed by atoms with van der Waals surface area (Å²) in [5.41, 5.74) is 7.84. The lowest BCUT2D eigenvalue weighted by molar-refractivity contribution is -0.114. The van der Waals surface area contributed by atoms with E-state index in [1.165, 1.54) is 12.5 Å². The van der Waals surface area contributed by atoms with Gasteiger partial charge in [-0.1, -0.05) is 30.3 Å². The molecule has 0 saturated heterocycles. The number of fused-ring (bicyclic) bond motifs is 1. The summed E-state index contributed by atoms with van der Waals surface area (Å²) in [5.74, 6) is -0.704. The highest BCUT2D eigenvalue weighted by atomic mass is 16.2. The molecule has 3 rings (SSSR count). The number of primary amides is 1. The van der Waals surface area contributed by atoms with E-state index >= 15 is 0 Å². The first kappa shape index (κ1) is 15.7. The summed E-state index contributed by atoms with van der Waals surface area (Å²) in [7, 11) is 0. The van der Waals surface area contributed by atoms with Crippen molar-refractivity contribution in [2.24, 2.45) is 5.73 Å². The number of carbonyl (C=O) groups excluding carboxylic acids is 2. The number of hydrogen-bond acceptors (Lipinski definition) is 4. The zero-order valence-corrected chi connectivity index (χ0v) is 13.2. The van der Waals surface area contributed by atoms with Gasteiger partial charge in [0.05, 0.1) is 11.9 Å². The standard InChI is InChI=1S/C17H17N5O2/c1-11(23)19-14-10-22-9-13(8-7-12-5-3-2-4-6-12)20-17(22)15(21-14)16(18)24/h2-6,9-10H,7-8H2,1H3,(H2,18,24)(H,19,23). The SMILES string of the molecule is CC(=O)Nc1cn2cc(CCc3ccccc3)nc2c(C(N)=O)n1. The number of nitrogens with one attached hydrogen (secondary N) is 1. The Hall–Kier alpha value is -3.22. The summed E-state index contributed by atoms with van der Waals surface area (Å²) in [6.07, 6.45) is 4.99. The van der Waals surface area contributed by atoms with E-state index in [-0.39, 0.29) is 17.4 Å². The maximum Gasteiger partial charge on any atom is 0.271 e. The van der Waals surface area contributed by atoms with E-state index in [2.05, 4.69) is 27.4 Å². The molecule has 0 saturated carbocycles. The zero-order valence-electron chi connectivity index (χ0n) is 13.2. The van der Waals surface area contributed by atoms with Crippen LogP contribution < -0.4 is 11.1 Å². The van der Waals surface area contributed by atoms with Gasteiger partial charge in [-0.3, -0.25) is 9.59 Å². The quantitative estimate of drug-likeness (QED) is 0.744. The Balaban J connectivity index is 1.92. The molecule has 0 aliphatic heterocycles. The molecule has 2 amide bonds. The van der Waals surface area contributed by atoms with Crippen molar-refractivity contribution in [2.75, 3.05) is 5.32 Å². The molecule has 1 aromatic carbocycles. The highest BCUT2D eigenvalue weighted by molar-refractivity contribution is 5.97. The van der Waals surface area contributed by atoms with Crippen LogP contribution in [0.4, 0.5) is 5.82 Å². The first-order valence-electron chi connectivity index (χ1n) is 7.53. The molecule has 0 radical (unpaired) electrons. The number of carbonyl (C=O) groups is 2. The van der Waals surface area contributed by atoms with Crippen LogP contribution in [0.5, 0.6) is 0 Å². The second-order valence-electron chi connectivity index (χ2n) is 5.47. The van der Waals surface area contributed by atoms with Crippen LogP contribution in [0.2, 0.25) is 0 Å². The molecular formula is C17H17N5O2. The van der Waals surface area contributed by atoms with Crippen molar-refractivity contribution in [3.05, 3.63) is 59.7 Å². The van der Waals surface area contributed by atoms with E-state index in [9.17, 15) is 9.59 Å². The van der Waals surface area contributed by atoms with Crippen molar-refractivity contribution in [2.45, 2.75) is 19.8 Å². The molecule has 2 aromatic heterocycles. The average molecular weight is 323 g/mol. The van der Waals surface area contributed by atoms with Gasteiger partial charge in [-0.15, -0.1) is 0 Å². The van der Waals surface area contributed by atoms with Crippen LogP contribution in [-0.2, 0) is 17.6 Å². The third-order valence-electron chi connectivity index (χ3n) is 3.54. The molecule has 0 spiro atoms. The molecule has 0 aliphatic rings. The minimum Gasteiger partial charge on any atom is -0.364 e. The Bertz CT molecular complexity index is 902. The first-order valence-corrected chi connectivity index (χ1v) is 7.53. The smallest absolute Gasteiger partial charge is 0.271 e. The first-order chi connectivity index (χ1) is 11.5. The second-order valence-corrected chi connectivity index (χ2v) is 5.47. The van der Waals surface area contributed by atoms with Gasteiger partial charge in [-0.25, -0.2) is 9.97 Å². The molecule has 122 valence electrons. The normalized spacial score (nSPS) is 10.7. The second kappa shape index (κ2) is 6.49. The van der Waals surface area contributed by atoms with Gasteiger partial charge in [0.15, 0.2) is 11.3 Å². The third kappa shape index (κ3) is 3.40. The molecule has 7 heteroatoms. The number of anilines is 1. The Morgan fingerprint density at radius 1 is 1.12 bits per heavy atom. The van der Waals surface area contributed by atoms with Crippen LogP contribution >= 0.6 is 0 Å². The topological polar surface area (TPSA) is 102 Å². The van der Waals surface area contributed by atoms with Gasteiger partial charge in [0.2, 0.25) is 5.91 Å². The number of nitrogens with zero attached hydrogens (tertiary/aromatic N) is 3. The van der Waals surface area contributed by atoms with Crippen LogP contribution in [-0.4, -0.2) is 26.2 Å². The zero-order chi connectivity index (χ0) is 17.1. The van der Waals surface area contributed by atoms with E-state index in [1.54, 1.807) is 10.6 Å². The van der Waals surface area contributed by atoms with E-state index in [4.69, 9.17) is 5.73 Å². The van der Waals surface area contributed by atoms with Gasteiger partial charge < -0.3 is 15.5 Å². The number of benzene rings is 1. The van der Waals surface area contributed by atoms with E-state index in [1.807, 2.05) is 24.4 Å². The molecule has 0 unspecified atom stereocenters. The highest BCUT2D eigenvalue weighted by Gasteiger charge is 2.15. The molecular weight excluding hydrogens is 306 g/mol. The lowest BCUT2D eigenvalue weighted by atomic mass is 10.1. The van der Waals surface area contributed by atoms with Crippen molar-refractivity contribution >= 4 is 23.3 Å². The summed E-state index contributed by atoms with van der Waals surface area (Å²) in [6, 6.07) is 10.1. The van der Waals surface area contributed by atoms with Crippen molar-refractivity contribution in [3.63, 3.8) is 0 Å². The fraction of sp³-hybridized carbons (Fsp3) is 0.176. The molecule has 2 heterocycles. The number of imidazole rings is 1. The number of aryl methyl sites for hydroxylation is 2. The van der Waals surface area contributed by atoms with E-state index < -0.39 is 5.91 Å². The van der Waals surface area contributed by atoms with Crippen molar-refractivity contribution in [1.82, 2.24) is 14.4 Å². The summed E-state index contributed by atoms with van der Waals surface area (Å²) in [6.45, 7) is 1.37. The molecule has 0 fully saturated rings. The van der Waals surface area contributed by atoms with Crippen molar-refractivity contribution < 1.29 is 9.59 Å². The molecule has 3 aromatic rings. The van der Waals surface area contributed by atoms with Crippen LogP contribution in [0.25, 0.3) is 5.65 Å². The molecule has 3 N–H and O–H groups in total. The summed E-state index contributed by atoms with van der Waals surface area (Å²) in [4.78, 5) is 31.4. The largest absolute Gasteiger partial charge is 0.364 e. The van der Waals surface area contributed by atoms with Gasteiger partial charge in [-0.2, -0.15) is 0 Å². The number of hydrogen-bond donors (Lipinski definition) is 2. The summed E-state index contributed by atoms with van der Waals surface area (Å²) < 4.78 is 1.67. The van der Waals surface area contributed by atoms with Crippen LogP contribution in [0.1, 0.15) is 28.7 Å². The number of aromatic nitrogens is 3. The third-order valence-corrected chi connectivity index (χ3v) is 3.54. The molecule has 7 nitrogen and oxygen atoms in total. The Kier molecular flexibility index (Phi) is 4.24. The fourth-order valence-electron chi connectivity index (χ4n) is 2.49. The minimum atomic E-state index is -0.688. The molecule has 0 bridgehead atoms. The molecule has 0 aliphatic carbocycles. The van der Waals surface area contributed by atoms with Gasteiger partial charge in [0.1, 0.15) is 5.82 Å². The lowest BCUT2D eigenvalue weighted by Crippen LogP contribution is -2.17.